The average molecular weight is 379 g/mol. The highest BCUT2D eigenvalue weighted by Gasteiger charge is 2.19. The number of rotatable bonds is 6. The SMILES string of the molecule is CN=C(NCCCC(=O)N1CCc2ccccc2C1)NCc1ccccc1C. The lowest BCUT2D eigenvalue weighted by Crippen LogP contribution is -2.38. The fourth-order valence-electron chi connectivity index (χ4n) is 3.52. The zero-order chi connectivity index (χ0) is 19.8. The molecule has 1 aliphatic heterocycles. The van der Waals surface area contributed by atoms with Gasteiger partial charge in [0.25, 0.3) is 0 Å². The molecular weight excluding hydrogens is 348 g/mol. The highest BCUT2D eigenvalue weighted by atomic mass is 16.2. The van der Waals surface area contributed by atoms with E-state index < -0.39 is 0 Å². The van der Waals surface area contributed by atoms with Crippen LogP contribution in [0.25, 0.3) is 0 Å². The molecule has 0 aromatic heterocycles. The Morgan fingerprint density at radius 1 is 1.07 bits per heavy atom. The Balaban J connectivity index is 1.37. The number of amides is 1. The normalized spacial score (nSPS) is 13.8. The lowest BCUT2D eigenvalue weighted by molar-refractivity contribution is -0.132. The van der Waals surface area contributed by atoms with Gasteiger partial charge in [0.2, 0.25) is 5.91 Å². The second kappa shape index (κ2) is 9.93. The van der Waals surface area contributed by atoms with Crippen LogP contribution in [0.3, 0.4) is 0 Å². The molecule has 0 aliphatic carbocycles. The van der Waals surface area contributed by atoms with Crippen LogP contribution >= 0.6 is 0 Å². The van der Waals surface area contributed by atoms with Gasteiger partial charge in [0.1, 0.15) is 0 Å². The first-order valence-corrected chi connectivity index (χ1v) is 10.0. The summed E-state index contributed by atoms with van der Waals surface area (Å²) >= 11 is 0. The Hall–Kier alpha value is -2.82. The third kappa shape index (κ3) is 5.35. The molecule has 0 spiro atoms. The van der Waals surface area contributed by atoms with Crippen molar-refractivity contribution in [3.8, 4) is 0 Å². The quantitative estimate of drug-likeness (QED) is 0.462. The van der Waals surface area contributed by atoms with E-state index in [2.05, 4.69) is 52.9 Å². The third-order valence-corrected chi connectivity index (χ3v) is 5.27. The molecule has 1 heterocycles. The van der Waals surface area contributed by atoms with Crippen molar-refractivity contribution in [3.63, 3.8) is 0 Å². The van der Waals surface area contributed by atoms with Crippen LogP contribution in [0.2, 0.25) is 0 Å². The van der Waals surface area contributed by atoms with Gasteiger partial charge in [-0.2, -0.15) is 0 Å². The van der Waals surface area contributed by atoms with Crippen molar-refractivity contribution >= 4 is 11.9 Å². The zero-order valence-corrected chi connectivity index (χ0v) is 16.9. The van der Waals surface area contributed by atoms with Gasteiger partial charge in [-0.1, -0.05) is 48.5 Å². The van der Waals surface area contributed by atoms with Crippen LogP contribution in [0.1, 0.15) is 35.1 Å². The molecule has 2 aromatic rings. The predicted octanol–water partition coefficient (Wildman–Crippen LogP) is 3.03. The maximum atomic E-state index is 12.5. The summed E-state index contributed by atoms with van der Waals surface area (Å²) in [6.45, 7) is 5.13. The van der Waals surface area contributed by atoms with Gasteiger partial charge in [0.15, 0.2) is 5.96 Å². The van der Waals surface area contributed by atoms with Crippen LogP contribution in [0.5, 0.6) is 0 Å². The minimum absolute atomic E-state index is 0.235. The fraction of sp³-hybridized carbons (Fsp3) is 0.391. The summed E-state index contributed by atoms with van der Waals surface area (Å²) in [7, 11) is 1.77. The van der Waals surface area contributed by atoms with Crippen molar-refractivity contribution in [1.29, 1.82) is 0 Å². The second-order valence-corrected chi connectivity index (χ2v) is 7.22. The van der Waals surface area contributed by atoms with Gasteiger partial charge < -0.3 is 15.5 Å². The molecule has 0 radical (unpaired) electrons. The Bertz CT molecular complexity index is 831. The Morgan fingerprint density at radius 3 is 2.61 bits per heavy atom. The molecule has 0 bridgehead atoms. The minimum atomic E-state index is 0.235. The molecule has 1 aliphatic rings. The smallest absolute Gasteiger partial charge is 0.222 e. The molecule has 2 N–H and O–H groups in total. The second-order valence-electron chi connectivity index (χ2n) is 7.22. The molecule has 3 rings (SSSR count). The molecule has 148 valence electrons. The third-order valence-electron chi connectivity index (χ3n) is 5.27. The number of nitrogens with zero attached hydrogens (tertiary/aromatic N) is 2. The molecule has 0 saturated carbocycles. The van der Waals surface area contributed by atoms with E-state index in [0.29, 0.717) is 6.42 Å². The summed E-state index contributed by atoms with van der Waals surface area (Å²) in [5.74, 6) is 1.00. The number of guanidine groups is 1. The fourth-order valence-corrected chi connectivity index (χ4v) is 3.52. The van der Waals surface area contributed by atoms with Crippen molar-refractivity contribution < 1.29 is 4.79 Å². The van der Waals surface area contributed by atoms with E-state index in [1.165, 1.54) is 22.3 Å². The molecule has 0 saturated heterocycles. The number of aliphatic imine (C=N–C) groups is 1. The van der Waals surface area contributed by atoms with E-state index in [9.17, 15) is 4.79 Å². The number of hydrogen-bond acceptors (Lipinski definition) is 2. The lowest BCUT2D eigenvalue weighted by Gasteiger charge is -2.29. The number of benzene rings is 2. The summed E-state index contributed by atoms with van der Waals surface area (Å²) < 4.78 is 0. The van der Waals surface area contributed by atoms with E-state index in [1.807, 2.05) is 23.1 Å². The summed E-state index contributed by atoms with van der Waals surface area (Å²) in [5.41, 5.74) is 5.17. The standard InChI is InChI=1S/C23H30N4O/c1-18-8-3-4-10-20(18)16-26-23(24-2)25-14-7-12-22(28)27-15-13-19-9-5-6-11-21(19)17-27/h3-6,8-11H,7,12-17H2,1-2H3,(H2,24,25,26). The average Bonchev–Trinajstić information content (AvgIpc) is 2.73. The molecule has 5 nitrogen and oxygen atoms in total. The van der Waals surface area contributed by atoms with Gasteiger partial charge in [-0.15, -0.1) is 0 Å². The van der Waals surface area contributed by atoms with Gasteiger partial charge >= 0.3 is 0 Å². The first kappa shape index (κ1) is 19.9. The first-order valence-electron chi connectivity index (χ1n) is 10.0. The van der Waals surface area contributed by atoms with Gasteiger partial charge in [-0.3, -0.25) is 9.79 Å². The van der Waals surface area contributed by atoms with Crippen molar-refractivity contribution in [1.82, 2.24) is 15.5 Å². The summed E-state index contributed by atoms with van der Waals surface area (Å²) in [5, 5.41) is 6.63. The van der Waals surface area contributed by atoms with E-state index >= 15 is 0 Å². The summed E-state index contributed by atoms with van der Waals surface area (Å²) in [4.78, 5) is 18.8. The van der Waals surface area contributed by atoms with Crippen LogP contribution in [-0.4, -0.2) is 36.9 Å². The van der Waals surface area contributed by atoms with Crippen molar-refractivity contribution in [2.45, 2.75) is 39.3 Å². The maximum absolute atomic E-state index is 12.5. The summed E-state index contributed by atoms with van der Waals surface area (Å²) in [6.07, 6.45) is 2.31. The molecule has 0 atom stereocenters. The molecule has 5 heteroatoms. The zero-order valence-electron chi connectivity index (χ0n) is 16.9. The van der Waals surface area contributed by atoms with Gasteiger partial charge in [0.05, 0.1) is 0 Å². The van der Waals surface area contributed by atoms with E-state index in [4.69, 9.17) is 0 Å². The number of nitrogens with one attached hydrogen (secondary N) is 2. The van der Waals surface area contributed by atoms with E-state index in [1.54, 1.807) is 7.05 Å². The lowest BCUT2D eigenvalue weighted by atomic mass is 9.99. The van der Waals surface area contributed by atoms with E-state index in [-0.39, 0.29) is 5.91 Å². The van der Waals surface area contributed by atoms with Crippen LogP contribution in [0.15, 0.2) is 53.5 Å². The van der Waals surface area contributed by atoms with Gasteiger partial charge in [-0.25, -0.2) is 0 Å². The number of carbonyl (C=O) groups is 1. The molecule has 2 aromatic carbocycles. The Labute approximate surface area is 167 Å². The topological polar surface area (TPSA) is 56.7 Å². The number of carbonyl (C=O) groups excluding carboxylic acids is 1. The van der Waals surface area contributed by atoms with Gasteiger partial charge in [-0.05, 0) is 42.0 Å². The van der Waals surface area contributed by atoms with Crippen LogP contribution < -0.4 is 10.6 Å². The van der Waals surface area contributed by atoms with Crippen LogP contribution in [-0.2, 0) is 24.3 Å². The van der Waals surface area contributed by atoms with Crippen molar-refractivity contribution in [2.24, 2.45) is 4.99 Å². The maximum Gasteiger partial charge on any atom is 0.222 e. The molecule has 28 heavy (non-hydrogen) atoms. The summed E-state index contributed by atoms with van der Waals surface area (Å²) in [6, 6.07) is 16.7. The number of aryl methyl sites for hydroxylation is 1. The van der Waals surface area contributed by atoms with Crippen LogP contribution in [0, 0.1) is 6.92 Å². The van der Waals surface area contributed by atoms with Crippen LogP contribution in [0.4, 0.5) is 0 Å². The van der Waals surface area contributed by atoms with E-state index in [0.717, 1.165) is 45.0 Å². The molecule has 0 unspecified atom stereocenters. The number of hydrogen-bond donors (Lipinski definition) is 2. The highest BCUT2D eigenvalue weighted by molar-refractivity contribution is 5.80. The monoisotopic (exact) mass is 378 g/mol. The van der Waals surface area contributed by atoms with Gasteiger partial charge in [0, 0.05) is 39.6 Å². The molecule has 0 fully saturated rings. The number of fused-ring (bicyclic) bond motifs is 1. The van der Waals surface area contributed by atoms with Crippen molar-refractivity contribution in [3.05, 3.63) is 70.8 Å². The predicted molar refractivity (Wildman–Crippen MR) is 114 cm³/mol. The molecular formula is C23H30N4O. The first-order chi connectivity index (χ1) is 13.7. The minimum Gasteiger partial charge on any atom is -0.356 e. The largest absolute Gasteiger partial charge is 0.356 e. The Morgan fingerprint density at radius 2 is 1.82 bits per heavy atom. The Kier molecular flexibility index (Phi) is 7.06. The highest BCUT2D eigenvalue weighted by Crippen LogP contribution is 2.19. The van der Waals surface area contributed by atoms with Crippen molar-refractivity contribution in [2.75, 3.05) is 20.1 Å². The molecule has 1 amide bonds.